The number of carbonyl (C=O) groups excluding carboxylic acids is 2. The molecular formula is C50H78O17. The van der Waals surface area contributed by atoms with Crippen molar-refractivity contribution in [2.75, 3.05) is 13.2 Å². The predicted molar refractivity (Wildman–Crippen MR) is 238 cm³/mol. The van der Waals surface area contributed by atoms with Crippen LogP contribution < -0.4 is 0 Å². The normalized spacial score (nSPS) is 48.0. The Labute approximate surface area is 394 Å². The van der Waals surface area contributed by atoms with Crippen LogP contribution in [0.2, 0.25) is 0 Å². The summed E-state index contributed by atoms with van der Waals surface area (Å²) in [5, 5.41) is 88.9. The van der Waals surface area contributed by atoms with Crippen molar-refractivity contribution in [1.82, 2.24) is 0 Å². The van der Waals surface area contributed by atoms with Crippen LogP contribution in [0.4, 0.5) is 0 Å². The molecule has 7 rings (SSSR count). The summed E-state index contributed by atoms with van der Waals surface area (Å²) in [5.74, 6) is -3.68. The molecule has 7 aliphatic rings. The van der Waals surface area contributed by atoms with Gasteiger partial charge in [-0.2, -0.15) is 0 Å². The summed E-state index contributed by atoms with van der Waals surface area (Å²) < 4.78 is 36.4. The van der Waals surface area contributed by atoms with Gasteiger partial charge in [0.25, 0.3) is 0 Å². The van der Waals surface area contributed by atoms with Gasteiger partial charge in [-0.3, -0.25) is 4.79 Å². The van der Waals surface area contributed by atoms with Crippen molar-refractivity contribution < 1.29 is 83.7 Å². The molecule has 67 heavy (non-hydrogen) atoms. The van der Waals surface area contributed by atoms with E-state index in [0.717, 1.165) is 12.0 Å². The van der Waals surface area contributed by atoms with E-state index in [-0.39, 0.29) is 23.7 Å². The van der Waals surface area contributed by atoms with Crippen LogP contribution in [0.15, 0.2) is 23.3 Å². The number of aliphatic carboxylic acids is 1. The van der Waals surface area contributed by atoms with E-state index in [4.69, 9.17) is 28.4 Å². The molecule has 20 atom stereocenters. The average molecular weight is 951 g/mol. The molecule has 5 aliphatic carbocycles. The van der Waals surface area contributed by atoms with Crippen molar-refractivity contribution in [1.29, 1.82) is 0 Å². The number of aliphatic hydroxyl groups is 7. The quantitative estimate of drug-likeness (QED) is 0.0640. The fourth-order valence-corrected chi connectivity index (χ4v) is 14.7. The largest absolute Gasteiger partial charge is 0.479 e. The molecule has 0 aromatic heterocycles. The topological polar surface area (TPSA) is 268 Å². The predicted octanol–water partition coefficient (Wildman–Crippen LogP) is 3.16. The van der Waals surface area contributed by atoms with Gasteiger partial charge in [0, 0.05) is 22.8 Å². The molecule has 4 saturated carbocycles. The average Bonchev–Trinajstić information content (AvgIpc) is 3.53. The van der Waals surface area contributed by atoms with Crippen molar-refractivity contribution in [3.8, 4) is 0 Å². The molecule has 17 heteroatoms. The van der Waals surface area contributed by atoms with E-state index in [9.17, 15) is 55.2 Å². The number of aliphatic hydroxyl groups excluding tert-OH is 7. The molecular weight excluding hydrogens is 873 g/mol. The lowest BCUT2D eigenvalue weighted by atomic mass is 9.32. The molecule has 0 amide bonds. The van der Waals surface area contributed by atoms with Crippen molar-refractivity contribution in [3.05, 3.63) is 23.3 Å². The number of allylic oxidation sites excluding steroid dienone is 2. The highest BCUT2D eigenvalue weighted by Gasteiger charge is 2.76. The van der Waals surface area contributed by atoms with Gasteiger partial charge in [0.15, 0.2) is 24.8 Å². The zero-order valence-corrected chi connectivity index (χ0v) is 41.1. The lowest BCUT2D eigenvalue weighted by Crippen LogP contribution is -2.76. The lowest BCUT2D eigenvalue weighted by molar-refractivity contribution is -0.314. The minimum atomic E-state index is -1.73. The van der Waals surface area contributed by atoms with Gasteiger partial charge in [-0.25, -0.2) is 9.59 Å². The Bertz CT molecular complexity index is 1950. The van der Waals surface area contributed by atoms with E-state index in [0.29, 0.717) is 37.7 Å². The zero-order valence-electron chi connectivity index (χ0n) is 41.1. The molecule has 0 radical (unpaired) electrons. The highest BCUT2D eigenvalue weighted by molar-refractivity contribution is 5.87. The van der Waals surface area contributed by atoms with Crippen molar-refractivity contribution in [3.63, 3.8) is 0 Å². The molecule has 8 N–H and O–H groups in total. The van der Waals surface area contributed by atoms with Gasteiger partial charge in [0.2, 0.25) is 0 Å². The Morgan fingerprint density at radius 2 is 1.52 bits per heavy atom. The van der Waals surface area contributed by atoms with Crippen LogP contribution in [0.5, 0.6) is 0 Å². The maximum atomic E-state index is 13.6. The second-order valence-corrected chi connectivity index (χ2v) is 23.3. The number of carboxylic acids is 1. The number of rotatable bonds is 11. The van der Waals surface area contributed by atoms with Crippen LogP contribution in [0.1, 0.15) is 121 Å². The Kier molecular flexibility index (Phi) is 14.2. The highest BCUT2D eigenvalue weighted by atomic mass is 16.7. The summed E-state index contributed by atoms with van der Waals surface area (Å²) in [7, 11) is 0. The molecule has 0 aromatic carbocycles. The summed E-state index contributed by atoms with van der Waals surface area (Å²) in [6, 6.07) is 0. The minimum Gasteiger partial charge on any atom is -0.479 e. The summed E-state index contributed by atoms with van der Waals surface area (Å²) in [5.41, 5.74) is -3.57. The van der Waals surface area contributed by atoms with Crippen LogP contribution in [-0.2, 0) is 42.8 Å². The van der Waals surface area contributed by atoms with Gasteiger partial charge in [-0.1, -0.05) is 80.0 Å². The SMILES string of the molecule is C/C=C(/C)C(=O)O[C@H]1[C@H](OC(=O)C(C)C)[C@@]2(CO)C(CC1(C)C)C1=CCC3[C@@]4(C)CC[C@H](O[C@H]5C[C@H](O[C@@H]6O[C@@H](CO)C(O)[C@@H]6O)[C@H](O)C(C(=O)O)O5)C(C)(C)C4CC[C@@]3(C)[C@]1(C)[C@@H](O)[C@H]2O. The van der Waals surface area contributed by atoms with Gasteiger partial charge in [-0.15, -0.1) is 0 Å². The van der Waals surface area contributed by atoms with Gasteiger partial charge in [-0.05, 0) is 86.4 Å². The molecule has 0 spiro atoms. The molecule has 17 nitrogen and oxygen atoms in total. The number of hydrogen-bond donors (Lipinski definition) is 8. The van der Waals surface area contributed by atoms with E-state index in [2.05, 4.69) is 33.8 Å². The van der Waals surface area contributed by atoms with Crippen LogP contribution >= 0.6 is 0 Å². The Balaban J connectivity index is 1.19. The maximum absolute atomic E-state index is 13.6. The van der Waals surface area contributed by atoms with E-state index in [1.807, 2.05) is 20.8 Å². The molecule has 0 bridgehead atoms. The van der Waals surface area contributed by atoms with Gasteiger partial charge < -0.3 is 69.3 Å². The van der Waals surface area contributed by atoms with Gasteiger partial charge >= 0.3 is 17.9 Å². The van der Waals surface area contributed by atoms with E-state index in [1.165, 1.54) is 0 Å². The lowest BCUT2D eigenvalue weighted by Gasteiger charge is -2.73. The number of ether oxygens (including phenoxy) is 6. The third-order valence-electron chi connectivity index (χ3n) is 18.9. The number of carboxylic acid groups (broad SMARTS) is 1. The fraction of sp³-hybridized carbons (Fsp3) is 0.860. The zero-order chi connectivity index (χ0) is 49.7. The second-order valence-electron chi connectivity index (χ2n) is 23.3. The van der Waals surface area contributed by atoms with Gasteiger partial charge in [0.1, 0.15) is 30.5 Å². The van der Waals surface area contributed by atoms with Crippen molar-refractivity contribution in [2.24, 2.45) is 56.2 Å². The molecule has 2 heterocycles. The first kappa shape index (κ1) is 52.3. The monoisotopic (exact) mass is 951 g/mol. The van der Waals surface area contributed by atoms with Gasteiger partial charge in [0.05, 0.1) is 49.0 Å². The second kappa shape index (κ2) is 18.2. The first-order valence-corrected chi connectivity index (χ1v) is 24.4. The summed E-state index contributed by atoms with van der Waals surface area (Å²) in [6.45, 7) is 20.2. The molecule has 2 aliphatic heterocycles. The number of hydrogen-bond acceptors (Lipinski definition) is 16. The van der Waals surface area contributed by atoms with Crippen LogP contribution in [-0.4, -0.2) is 152 Å². The first-order chi connectivity index (χ1) is 31.1. The van der Waals surface area contributed by atoms with E-state index in [1.54, 1.807) is 33.8 Å². The third-order valence-corrected chi connectivity index (χ3v) is 18.9. The summed E-state index contributed by atoms with van der Waals surface area (Å²) in [4.78, 5) is 39.4. The molecule has 5 unspecified atom stereocenters. The standard InChI is InChI=1S/C50H78O17/c1-12-24(4)43(61)66-39-40(67-42(60)23(2)3)50(22-52)26(20-45(39,5)6)25-13-14-30-47(9)17-16-31(46(7,8)29(47)15-18-48(30,10)49(25,11)37(56)38(50)57)64-32-19-27(34(54)36(65-32)41(58)59)62-44-35(55)33(53)28(21-51)63-44/h12-13,23,26-40,44,51-57H,14-22H2,1-11H3,(H,58,59)/b24-12-/t26?,27-,28-,29?,30?,31-,32+,33?,34-,35-,36?,37-,38+,39-,40-,44+,47-,48+,49-,50-/m0/s1. The van der Waals surface area contributed by atoms with Crippen LogP contribution in [0, 0.1) is 56.2 Å². The van der Waals surface area contributed by atoms with Crippen LogP contribution in [0.25, 0.3) is 0 Å². The minimum absolute atomic E-state index is 0.00561. The highest BCUT2D eigenvalue weighted by Crippen LogP contribution is 2.76. The number of esters is 2. The fourth-order valence-electron chi connectivity index (χ4n) is 14.7. The number of carbonyl (C=O) groups is 3. The first-order valence-electron chi connectivity index (χ1n) is 24.4. The molecule has 0 aromatic rings. The molecule has 380 valence electrons. The Morgan fingerprint density at radius 1 is 0.851 bits per heavy atom. The summed E-state index contributed by atoms with van der Waals surface area (Å²) >= 11 is 0. The van der Waals surface area contributed by atoms with Crippen molar-refractivity contribution >= 4 is 17.9 Å². The Hall–Kier alpha value is -2.55. The smallest absolute Gasteiger partial charge is 0.335 e. The Morgan fingerprint density at radius 3 is 2.10 bits per heavy atom. The molecule has 6 fully saturated rings. The van der Waals surface area contributed by atoms with E-state index >= 15 is 0 Å². The number of fused-ring (bicyclic) bond motifs is 7. The van der Waals surface area contributed by atoms with Crippen LogP contribution in [0.3, 0.4) is 0 Å². The molecule has 2 saturated heterocycles. The maximum Gasteiger partial charge on any atom is 0.335 e. The van der Waals surface area contributed by atoms with E-state index < -0.39 is 150 Å². The van der Waals surface area contributed by atoms with Crippen molar-refractivity contribution in [2.45, 2.75) is 201 Å². The summed E-state index contributed by atoms with van der Waals surface area (Å²) in [6.07, 6.45) is -9.73. The third kappa shape index (κ3) is 7.96.